The highest BCUT2D eigenvalue weighted by molar-refractivity contribution is 9.10. The molecule has 0 unspecified atom stereocenters. The number of hydrogen-bond donors (Lipinski definition) is 0. The van der Waals surface area contributed by atoms with E-state index in [2.05, 4.69) is 47.1 Å². The van der Waals surface area contributed by atoms with Gasteiger partial charge in [-0.15, -0.1) is 11.3 Å². The van der Waals surface area contributed by atoms with Gasteiger partial charge in [-0.25, -0.2) is 14.4 Å². The average molecular weight is 488 g/mol. The van der Waals surface area contributed by atoms with Crippen LogP contribution in [0.25, 0.3) is 0 Å². The van der Waals surface area contributed by atoms with Crippen LogP contribution >= 0.6 is 27.3 Å². The molecular weight excluding hydrogens is 465 g/mol. The third-order valence-corrected chi connectivity index (χ3v) is 7.44. The number of aromatic nitrogens is 2. The van der Waals surface area contributed by atoms with Crippen molar-refractivity contribution in [2.75, 3.05) is 42.5 Å². The predicted octanol–water partition coefficient (Wildman–Crippen LogP) is 4.32. The standard InChI is InChI=1S/C22H23BrFN5S/c23-17-11-18(30-15-17)14-27-6-5-20-16(13-27)12-25-22(26-20)29-9-7-28(8-10-29)21-4-2-1-3-19(21)24/h1-4,11-12,15H,5-10,13-14H2. The van der Waals surface area contributed by atoms with Gasteiger partial charge in [-0.1, -0.05) is 12.1 Å². The van der Waals surface area contributed by atoms with Crippen LogP contribution in [0.5, 0.6) is 0 Å². The lowest BCUT2D eigenvalue weighted by atomic mass is 10.1. The van der Waals surface area contributed by atoms with Gasteiger partial charge in [0.2, 0.25) is 5.95 Å². The maximum atomic E-state index is 14.1. The molecule has 3 aromatic rings. The molecule has 156 valence electrons. The van der Waals surface area contributed by atoms with Crippen LogP contribution in [0.3, 0.4) is 0 Å². The zero-order valence-electron chi connectivity index (χ0n) is 16.6. The highest BCUT2D eigenvalue weighted by Crippen LogP contribution is 2.26. The maximum Gasteiger partial charge on any atom is 0.225 e. The minimum absolute atomic E-state index is 0.157. The van der Waals surface area contributed by atoms with Crippen molar-refractivity contribution in [1.82, 2.24) is 14.9 Å². The summed E-state index contributed by atoms with van der Waals surface area (Å²) in [7, 11) is 0. The van der Waals surface area contributed by atoms with Crippen molar-refractivity contribution in [2.24, 2.45) is 0 Å². The Bertz CT molecular complexity index is 1030. The Morgan fingerprint density at radius 3 is 2.63 bits per heavy atom. The molecule has 0 N–H and O–H groups in total. The smallest absolute Gasteiger partial charge is 0.225 e. The SMILES string of the molecule is Fc1ccccc1N1CCN(c2ncc3c(n2)CCN(Cc2cc(Br)cs2)C3)CC1. The van der Waals surface area contributed by atoms with Gasteiger partial charge in [0.05, 0.1) is 11.4 Å². The topological polar surface area (TPSA) is 35.5 Å². The first-order valence-corrected chi connectivity index (χ1v) is 11.9. The number of fused-ring (bicyclic) bond motifs is 1. The van der Waals surface area contributed by atoms with E-state index in [9.17, 15) is 4.39 Å². The second kappa shape index (κ2) is 8.61. The molecule has 0 saturated carbocycles. The summed E-state index contributed by atoms with van der Waals surface area (Å²) in [6, 6.07) is 9.19. The van der Waals surface area contributed by atoms with E-state index in [1.165, 1.54) is 22.2 Å². The molecule has 4 heterocycles. The molecule has 5 rings (SSSR count). The molecular formula is C22H23BrFN5S. The number of para-hydroxylation sites is 1. The Morgan fingerprint density at radius 1 is 1.07 bits per heavy atom. The Kier molecular flexibility index (Phi) is 5.71. The molecule has 2 aliphatic rings. The van der Waals surface area contributed by atoms with Gasteiger partial charge in [0, 0.05) is 78.7 Å². The van der Waals surface area contributed by atoms with Crippen LogP contribution < -0.4 is 9.80 Å². The number of halogens is 2. The van der Waals surface area contributed by atoms with E-state index >= 15 is 0 Å². The summed E-state index contributed by atoms with van der Waals surface area (Å²) in [4.78, 5) is 17.7. The van der Waals surface area contributed by atoms with E-state index < -0.39 is 0 Å². The Balaban J connectivity index is 1.22. The van der Waals surface area contributed by atoms with Crippen molar-refractivity contribution >= 4 is 38.9 Å². The largest absolute Gasteiger partial charge is 0.366 e. The van der Waals surface area contributed by atoms with E-state index in [0.717, 1.165) is 62.7 Å². The monoisotopic (exact) mass is 487 g/mol. The first-order valence-electron chi connectivity index (χ1n) is 10.2. The molecule has 2 aliphatic heterocycles. The summed E-state index contributed by atoms with van der Waals surface area (Å²) < 4.78 is 15.2. The Hall–Kier alpha value is -2.03. The lowest BCUT2D eigenvalue weighted by Gasteiger charge is -2.36. The molecule has 0 radical (unpaired) electrons. The molecule has 0 bridgehead atoms. The van der Waals surface area contributed by atoms with Crippen molar-refractivity contribution in [1.29, 1.82) is 0 Å². The molecule has 1 fully saturated rings. The van der Waals surface area contributed by atoms with Gasteiger partial charge in [-0.3, -0.25) is 4.90 Å². The molecule has 0 atom stereocenters. The second-order valence-electron chi connectivity index (χ2n) is 7.76. The van der Waals surface area contributed by atoms with E-state index in [1.807, 2.05) is 18.3 Å². The summed E-state index contributed by atoms with van der Waals surface area (Å²) >= 11 is 5.33. The number of thiophene rings is 1. The van der Waals surface area contributed by atoms with Crippen molar-refractivity contribution in [3.05, 3.63) is 68.3 Å². The van der Waals surface area contributed by atoms with Crippen LogP contribution in [-0.2, 0) is 19.5 Å². The number of benzene rings is 1. The van der Waals surface area contributed by atoms with Crippen LogP contribution in [0.1, 0.15) is 16.1 Å². The Labute approximate surface area is 188 Å². The molecule has 0 spiro atoms. The van der Waals surface area contributed by atoms with Gasteiger partial charge in [0.15, 0.2) is 0 Å². The third-order valence-electron chi connectivity index (χ3n) is 5.76. The fourth-order valence-corrected chi connectivity index (χ4v) is 5.66. The number of anilines is 2. The van der Waals surface area contributed by atoms with Gasteiger partial charge >= 0.3 is 0 Å². The highest BCUT2D eigenvalue weighted by Gasteiger charge is 2.24. The second-order valence-corrected chi connectivity index (χ2v) is 9.67. The first kappa shape index (κ1) is 19.9. The first-order chi connectivity index (χ1) is 14.7. The van der Waals surface area contributed by atoms with E-state index in [0.29, 0.717) is 5.69 Å². The van der Waals surface area contributed by atoms with Crippen LogP contribution in [-0.4, -0.2) is 47.6 Å². The van der Waals surface area contributed by atoms with Crippen molar-refractivity contribution < 1.29 is 4.39 Å². The lowest BCUT2D eigenvalue weighted by molar-refractivity contribution is 0.245. The molecule has 8 heteroatoms. The fourth-order valence-electron chi connectivity index (χ4n) is 4.16. The number of rotatable bonds is 4. The van der Waals surface area contributed by atoms with Crippen molar-refractivity contribution in [3.63, 3.8) is 0 Å². The molecule has 0 amide bonds. The molecule has 1 saturated heterocycles. The summed E-state index contributed by atoms with van der Waals surface area (Å²) in [5.74, 6) is 0.646. The van der Waals surface area contributed by atoms with Gasteiger partial charge in [-0.05, 0) is 34.1 Å². The maximum absolute atomic E-state index is 14.1. The van der Waals surface area contributed by atoms with Gasteiger partial charge in [-0.2, -0.15) is 0 Å². The van der Waals surface area contributed by atoms with Gasteiger partial charge in [0.25, 0.3) is 0 Å². The minimum Gasteiger partial charge on any atom is -0.366 e. The minimum atomic E-state index is -0.157. The summed E-state index contributed by atoms with van der Waals surface area (Å²) in [5, 5.41) is 2.13. The zero-order valence-corrected chi connectivity index (χ0v) is 19.0. The van der Waals surface area contributed by atoms with Gasteiger partial charge in [0.1, 0.15) is 5.82 Å². The van der Waals surface area contributed by atoms with Crippen LogP contribution in [0.4, 0.5) is 16.0 Å². The van der Waals surface area contributed by atoms with E-state index in [4.69, 9.17) is 4.98 Å². The number of nitrogens with zero attached hydrogens (tertiary/aromatic N) is 5. The molecule has 2 aromatic heterocycles. The van der Waals surface area contributed by atoms with Crippen LogP contribution in [0.15, 0.2) is 46.4 Å². The fraction of sp³-hybridized carbons (Fsp3) is 0.364. The van der Waals surface area contributed by atoms with Crippen LogP contribution in [0.2, 0.25) is 0 Å². The molecule has 30 heavy (non-hydrogen) atoms. The third kappa shape index (κ3) is 4.22. The summed E-state index contributed by atoms with van der Waals surface area (Å²) in [6.07, 6.45) is 2.95. The Morgan fingerprint density at radius 2 is 1.87 bits per heavy atom. The molecule has 1 aromatic carbocycles. The predicted molar refractivity (Wildman–Crippen MR) is 123 cm³/mol. The van der Waals surface area contributed by atoms with Crippen LogP contribution in [0, 0.1) is 5.82 Å². The normalized spacial score (nSPS) is 17.3. The average Bonchev–Trinajstić information content (AvgIpc) is 3.18. The number of piperazine rings is 1. The number of hydrogen-bond acceptors (Lipinski definition) is 6. The quantitative estimate of drug-likeness (QED) is 0.547. The zero-order chi connectivity index (χ0) is 20.5. The summed E-state index contributed by atoms with van der Waals surface area (Å²) in [5.41, 5.74) is 3.08. The lowest BCUT2D eigenvalue weighted by Crippen LogP contribution is -2.47. The molecule has 5 nitrogen and oxygen atoms in total. The summed E-state index contributed by atoms with van der Waals surface area (Å²) in [6.45, 7) is 6.01. The van der Waals surface area contributed by atoms with Crippen molar-refractivity contribution in [3.8, 4) is 0 Å². The van der Waals surface area contributed by atoms with E-state index in [1.54, 1.807) is 17.4 Å². The van der Waals surface area contributed by atoms with Gasteiger partial charge < -0.3 is 9.80 Å². The molecule has 0 aliphatic carbocycles. The highest BCUT2D eigenvalue weighted by atomic mass is 79.9. The van der Waals surface area contributed by atoms with E-state index in [-0.39, 0.29) is 5.82 Å². The van der Waals surface area contributed by atoms with Crippen molar-refractivity contribution in [2.45, 2.75) is 19.5 Å².